The van der Waals surface area contributed by atoms with Crippen LogP contribution in [0.25, 0.3) is 0 Å². The molecular formula is C59H111N5O31. The molecule has 0 aromatic heterocycles. The van der Waals surface area contributed by atoms with E-state index in [1.165, 1.54) is 28.1 Å². The van der Waals surface area contributed by atoms with Gasteiger partial charge in [0.25, 0.3) is 0 Å². The van der Waals surface area contributed by atoms with Crippen LogP contribution < -0.4 is 27.4 Å². The number of nitrogens with one attached hydrogen (secondary N) is 3. The van der Waals surface area contributed by atoms with E-state index in [0.717, 1.165) is 6.42 Å². The van der Waals surface area contributed by atoms with Gasteiger partial charge in [0.15, 0.2) is 37.7 Å². The van der Waals surface area contributed by atoms with Crippen molar-refractivity contribution in [3.63, 3.8) is 0 Å². The number of amides is 3. The standard InChI is InChI=1S/C33H61N3O17.C20H38N2O11.C6H12O3/c1-5-6-7-22(41)36-24-27(43)30(20(15-47-12-9-38)50-32(24)45-4)53-33-25(35-18(3)40)28(44)29(21(51-33)16-48-13-10-39)52-31-23(34)26(42)17(2)19(49-31)14-46-11-8-37;1-10-12(8-29-6-4-23)31-19(14(21)16(10)26)33-18-13(9-30-7-5-24)32-20(28-3)15(17(18)27)22-11(2)25;1-3-5(7)9-6(8)4-2/h17,19-21,23-33,37-39,42-44H,5-16,34H2,1-4H3,(H,35,40)(H,36,41);10,12-20,23-24,26-27H,4-9,21H2,1-3H3,(H,22,25);5,7H,3-4H2,1-2H3/t17-,19?,20?,21?,23?,24?,25?,26+,27-,28-,29-,30-,31-,32+,33-;10-,12?,13?,14?,15?,16+,17-,18-,19-,20+;/m00./s1. The topological polar surface area (TPSA) is 527 Å². The summed E-state index contributed by atoms with van der Waals surface area (Å²) in [4.78, 5) is 47.3. The van der Waals surface area contributed by atoms with E-state index in [-0.39, 0.29) is 123 Å². The first-order chi connectivity index (χ1) is 45.4. The smallest absolute Gasteiger partial charge is 0.307 e. The van der Waals surface area contributed by atoms with Crippen LogP contribution in [0.15, 0.2) is 0 Å². The van der Waals surface area contributed by atoms with E-state index in [0.29, 0.717) is 19.3 Å². The Hall–Kier alpha value is -3.24. The minimum Gasteiger partial charge on any atom is -0.436 e. The van der Waals surface area contributed by atoms with Gasteiger partial charge >= 0.3 is 5.97 Å². The molecule has 5 rings (SSSR count). The largest absolute Gasteiger partial charge is 0.436 e. The van der Waals surface area contributed by atoms with Gasteiger partial charge in [-0.15, -0.1) is 0 Å². The van der Waals surface area contributed by atoms with Crippen LogP contribution in [-0.2, 0) is 95.0 Å². The third-order valence-electron chi connectivity index (χ3n) is 16.0. The van der Waals surface area contributed by atoms with Gasteiger partial charge in [-0.05, 0) is 6.42 Å². The Labute approximate surface area is 553 Å². The van der Waals surface area contributed by atoms with E-state index in [2.05, 4.69) is 20.7 Å². The van der Waals surface area contributed by atoms with Crippen molar-refractivity contribution in [3.8, 4) is 0 Å². The Bertz CT molecular complexity index is 2110. The maximum absolute atomic E-state index is 12.8. The summed E-state index contributed by atoms with van der Waals surface area (Å²) >= 11 is 0. The second kappa shape index (κ2) is 46.2. The fourth-order valence-electron chi connectivity index (χ4n) is 10.7. The molecule has 0 bridgehead atoms. The van der Waals surface area contributed by atoms with Gasteiger partial charge in [-0.25, -0.2) is 0 Å². The van der Waals surface area contributed by atoms with Crippen molar-refractivity contribution in [1.82, 2.24) is 16.0 Å². The molecule has 0 aromatic carbocycles. The summed E-state index contributed by atoms with van der Waals surface area (Å²) in [7, 11) is 2.71. The zero-order valence-electron chi connectivity index (χ0n) is 55.9. The first kappa shape index (κ1) is 86.0. The van der Waals surface area contributed by atoms with Gasteiger partial charge < -0.3 is 159 Å². The van der Waals surface area contributed by atoms with Crippen LogP contribution in [0.2, 0.25) is 0 Å². The number of rotatable bonds is 37. The fourth-order valence-corrected chi connectivity index (χ4v) is 10.7. The average Bonchev–Trinajstić information content (AvgIpc) is 0.783. The van der Waals surface area contributed by atoms with Gasteiger partial charge in [0.05, 0.1) is 136 Å². The second-order valence-corrected chi connectivity index (χ2v) is 23.2. The number of methoxy groups -OCH3 is 2. The molecule has 0 aromatic rings. The van der Waals surface area contributed by atoms with Crippen LogP contribution in [0, 0.1) is 11.8 Å². The zero-order valence-corrected chi connectivity index (χ0v) is 55.9. The van der Waals surface area contributed by atoms with Crippen molar-refractivity contribution in [2.75, 3.05) is 113 Å². The number of aliphatic hydroxyl groups excluding tert-OH is 11. The SMILES string of the molecule is CCC(=O)OC(O)CC.CCCCC(=O)NC1[C@H](OC)OC(COCCO)[C@H](O[C@@H]2OC(COCCO)[C@H](O[C@@H]3OC(COCCO)[C@H](C)[C@@H](O)C3N)[C@@H](O)C2NC(C)=O)[C@H]1O.CO[C@@H]1OC(COCCO)[C@H](O[C@@H]2OC(COCCO)[C@H](C)[C@@H](O)C2N)[C@@H](O)C1NC(C)=O. The maximum atomic E-state index is 12.8. The van der Waals surface area contributed by atoms with Gasteiger partial charge in [-0.1, -0.05) is 41.0 Å². The average molecular weight is 1390 g/mol. The molecule has 5 aliphatic rings. The van der Waals surface area contributed by atoms with E-state index in [1.807, 2.05) is 6.92 Å². The fraction of sp³-hybridized carbons (Fsp3) is 0.932. The number of nitrogens with two attached hydrogens (primary N) is 2. The minimum absolute atomic E-state index is 0.00150. The molecule has 3 amide bonds. The molecule has 0 aliphatic carbocycles. The number of hydrogen-bond acceptors (Lipinski definition) is 33. The van der Waals surface area contributed by atoms with Crippen molar-refractivity contribution in [1.29, 1.82) is 0 Å². The highest BCUT2D eigenvalue weighted by Gasteiger charge is 2.55. The van der Waals surface area contributed by atoms with Crippen LogP contribution in [0.3, 0.4) is 0 Å². The van der Waals surface area contributed by atoms with Crippen molar-refractivity contribution in [3.05, 3.63) is 0 Å². The lowest BCUT2D eigenvalue weighted by Crippen LogP contribution is -2.70. The molecule has 5 fully saturated rings. The van der Waals surface area contributed by atoms with Crippen LogP contribution in [0.4, 0.5) is 0 Å². The van der Waals surface area contributed by atoms with E-state index in [4.69, 9.17) is 103 Å². The summed E-state index contributed by atoms with van der Waals surface area (Å²) in [6.45, 7) is 9.68. The quantitative estimate of drug-likeness (QED) is 0.0156. The highest BCUT2D eigenvalue weighted by molar-refractivity contribution is 5.76. The number of ether oxygens (including phenoxy) is 16. The Kier molecular flexibility index (Phi) is 41.8. The first-order valence-corrected chi connectivity index (χ1v) is 32.2. The van der Waals surface area contributed by atoms with Crippen molar-refractivity contribution in [2.24, 2.45) is 23.3 Å². The lowest BCUT2D eigenvalue weighted by atomic mass is 9.89. The Morgan fingerprint density at radius 1 is 0.474 bits per heavy atom. The van der Waals surface area contributed by atoms with Crippen LogP contribution >= 0.6 is 0 Å². The minimum atomic E-state index is -1.61. The Balaban J connectivity index is 0.000000473. The van der Waals surface area contributed by atoms with Crippen molar-refractivity contribution in [2.45, 2.75) is 228 Å². The third-order valence-corrected chi connectivity index (χ3v) is 16.0. The highest BCUT2D eigenvalue weighted by atomic mass is 16.8. The summed E-state index contributed by atoms with van der Waals surface area (Å²) in [6, 6.07) is -5.48. The molecule has 18 N–H and O–H groups in total. The molecule has 95 heavy (non-hydrogen) atoms. The third kappa shape index (κ3) is 27.3. The predicted octanol–water partition coefficient (Wildman–Crippen LogP) is -6.83. The summed E-state index contributed by atoms with van der Waals surface area (Å²) < 4.78 is 91.3. The van der Waals surface area contributed by atoms with Crippen LogP contribution in [-0.4, -0.2) is 340 Å². The predicted molar refractivity (Wildman–Crippen MR) is 325 cm³/mol. The van der Waals surface area contributed by atoms with Crippen molar-refractivity contribution >= 4 is 23.7 Å². The first-order valence-electron chi connectivity index (χ1n) is 32.2. The normalized spacial score (nSPS) is 35.9. The van der Waals surface area contributed by atoms with Gasteiger partial charge in [0.1, 0.15) is 73.1 Å². The van der Waals surface area contributed by atoms with E-state index < -0.39 is 165 Å². The summed E-state index contributed by atoms with van der Waals surface area (Å²) in [5.41, 5.74) is 12.5. The number of unbranched alkanes of at least 4 members (excludes halogenated alkanes) is 1. The molecule has 26 atom stereocenters. The van der Waals surface area contributed by atoms with Crippen LogP contribution in [0.5, 0.6) is 0 Å². The van der Waals surface area contributed by atoms with Crippen molar-refractivity contribution < 1.29 is 151 Å². The molecule has 0 spiro atoms. The molecule has 5 saturated heterocycles. The summed E-state index contributed by atoms with van der Waals surface area (Å²) in [6.07, 6.45) is -19.3. The van der Waals surface area contributed by atoms with Gasteiger partial charge in [-0.2, -0.15) is 0 Å². The molecule has 11 unspecified atom stereocenters. The number of esters is 1. The highest BCUT2D eigenvalue weighted by Crippen LogP contribution is 2.35. The zero-order chi connectivity index (χ0) is 70.9. The Morgan fingerprint density at radius 2 is 0.789 bits per heavy atom. The molecule has 5 aliphatic heterocycles. The van der Waals surface area contributed by atoms with E-state index in [9.17, 15) is 54.9 Å². The number of aliphatic hydroxyl groups is 11. The molecule has 36 heteroatoms. The van der Waals surface area contributed by atoms with Crippen LogP contribution in [0.1, 0.15) is 80.6 Å². The van der Waals surface area contributed by atoms with E-state index >= 15 is 0 Å². The number of hydrogen-bond donors (Lipinski definition) is 16. The molecule has 558 valence electrons. The molecule has 5 heterocycles. The molecule has 0 saturated carbocycles. The summed E-state index contributed by atoms with van der Waals surface area (Å²) in [5.74, 6) is -2.57. The summed E-state index contributed by atoms with van der Waals surface area (Å²) in [5, 5.41) is 119. The van der Waals surface area contributed by atoms with E-state index in [1.54, 1.807) is 27.7 Å². The van der Waals surface area contributed by atoms with Gasteiger partial charge in [0.2, 0.25) is 17.7 Å². The lowest BCUT2D eigenvalue weighted by molar-refractivity contribution is -0.351. The number of carbonyl (C=O) groups excluding carboxylic acids is 4. The van der Waals surface area contributed by atoms with Gasteiger partial charge in [-0.3, -0.25) is 19.2 Å². The number of carbonyl (C=O) groups is 4. The lowest BCUT2D eigenvalue weighted by Gasteiger charge is -2.50. The molecule has 36 nitrogen and oxygen atoms in total. The monoisotopic (exact) mass is 1390 g/mol. The second-order valence-electron chi connectivity index (χ2n) is 23.2. The molecule has 0 radical (unpaired) electrons. The van der Waals surface area contributed by atoms with Gasteiger partial charge in [0, 0.05) is 59.2 Å². The maximum Gasteiger partial charge on any atom is 0.307 e. The Morgan fingerprint density at radius 3 is 1.11 bits per heavy atom. The molecular weight excluding hydrogens is 1270 g/mol.